The zero-order valence-electron chi connectivity index (χ0n) is 12.6. The van der Waals surface area contributed by atoms with Crippen LogP contribution in [-0.2, 0) is 4.79 Å². The summed E-state index contributed by atoms with van der Waals surface area (Å²) in [5.74, 6) is 1.56. The summed E-state index contributed by atoms with van der Waals surface area (Å²) in [5.41, 5.74) is 0. The molecule has 6 nitrogen and oxygen atoms in total. The summed E-state index contributed by atoms with van der Waals surface area (Å²) in [4.78, 5) is 20.5. The number of aromatic nitrogens is 3. The topological polar surface area (TPSA) is 71.8 Å². The second kappa shape index (κ2) is 9.09. The lowest BCUT2D eigenvalue weighted by molar-refractivity contribution is -0.124. The van der Waals surface area contributed by atoms with Gasteiger partial charge in [-0.25, -0.2) is 9.97 Å². The summed E-state index contributed by atoms with van der Waals surface area (Å²) in [7, 11) is 0. The van der Waals surface area contributed by atoms with Crippen LogP contribution in [0.4, 0.5) is 5.95 Å². The fraction of sp³-hybridized carbons (Fsp3) is 0.400. The molecule has 2 heterocycles. The molecule has 2 aromatic heterocycles. The van der Waals surface area contributed by atoms with Crippen molar-refractivity contribution in [2.24, 2.45) is 0 Å². The summed E-state index contributed by atoms with van der Waals surface area (Å²) in [5, 5.41) is 6.03. The fourth-order valence-corrected chi connectivity index (χ4v) is 2.53. The Morgan fingerprint density at radius 1 is 1.23 bits per heavy atom. The standard InChI is InChI=1S/C15H21N5OS/c1-22-12-5-13(20-10-2-3-11-20)14(21)16-8-9-19-15-17-6-4-7-18-15/h2-4,6-7,10-11,13H,5,8-9,12H2,1H3,(H,16,21)(H,17,18,19)/t13-/m1/s1. The third kappa shape index (κ3) is 5.07. The molecule has 0 aromatic carbocycles. The second-order valence-corrected chi connectivity index (χ2v) is 5.70. The van der Waals surface area contributed by atoms with E-state index in [1.54, 1.807) is 30.2 Å². The zero-order chi connectivity index (χ0) is 15.6. The smallest absolute Gasteiger partial charge is 0.243 e. The minimum atomic E-state index is -0.157. The van der Waals surface area contributed by atoms with E-state index in [9.17, 15) is 4.79 Å². The number of rotatable bonds is 9. The molecule has 7 heteroatoms. The highest BCUT2D eigenvalue weighted by Gasteiger charge is 2.18. The Labute approximate surface area is 134 Å². The number of thioether (sulfide) groups is 1. The fourth-order valence-electron chi connectivity index (χ4n) is 2.07. The zero-order valence-corrected chi connectivity index (χ0v) is 13.4. The van der Waals surface area contributed by atoms with Crippen LogP contribution in [-0.4, -0.2) is 45.5 Å². The van der Waals surface area contributed by atoms with E-state index in [-0.39, 0.29) is 11.9 Å². The Bertz CT molecular complexity index is 546. The van der Waals surface area contributed by atoms with Gasteiger partial charge in [0.25, 0.3) is 0 Å². The van der Waals surface area contributed by atoms with Crippen molar-refractivity contribution in [1.82, 2.24) is 19.9 Å². The van der Waals surface area contributed by atoms with E-state index < -0.39 is 0 Å². The number of amides is 1. The van der Waals surface area contributed by atoms with Crippen LogP contribution in [0, 0.1) is 0 Å². The van der Waals surface area contributed by atoms with E-state index in [2.05, 4.69) is 26.9 Å². The average molecular weight is 319 g/mol. The first kappa shape index (κ1) is 16.4. The van der Waals surface area contributed by atoms with Gasteiger partial charge in [-0.1, -0.05) is 0 Å². The maximum Gasteiger partial charge on any atom is 0.243 e. The highest BCUT2D eigenvalue weighted by molar-refractivity contribution is 7.98. The van der Waals surface area contributed by atoms with Crippen molar-refractivity contribution in [3.05, 3.63) is 43.0 Å². The number of hydrogen-bond donors (Lipinski definition) is 2. The van der Waals surface area contributed by atoms with Gasteiger partial charge in [0.1, 0.15) is 6.04 Å². The van der Waals surface area contributed by atoms with Crippen LogP contribution in [0.3, 0.4) is 0 Å². The quantitative estimate of drug-likeness (QED) is 0.690. The summed E-state index contributed by atoms with van der Waals surface area (Å²) in [6.07, 6.45) is 10.1. The second-order valence-electron chi connectivity index (χ2n) is 4.72. The largest absolute Gasteiger partial charge is 0.353 e. The molecule has 1 atom stereocenters. The maximum atomic E-state index is 12.4. The van der Waals surface area contributed by atoms with Crippen molar-refractivity contribution < 1.29 is 4.79 Å². The average Bonchev–Trinajstić information content (AvgIpc) is 3.07. The van der Waals surface area contributed by atoms with Gasteiger partial charge in [0, 0.05) is 37.9 Å². The third-order valence-corrected chi connectivity index (χ3v) is 3.80. The molecule has 22 heavy (non-hydrogen) atoms. The number of nitrogens with one attached hydrogen (secondary N) is 2. The number of anilines is 1. The van der Waals surface area contributed by atoms with Crippen LogP contribution >= 0.6 is 11.8 Å². The minimum Gasteiger partial charge on any atom is -0.353 e. The van der Waals surface area contributed by atoms with E-state index in [1.807, 2.05) is 29.1 Å². The first-order chi connectivity index (χ1) is 10.8. The van der Waals surface area contributed by atoms with Crippen molar-refractivity contribution in [3.8, 4) is 0 Å². The van der Waals surface area contributed by atoms with E-state index in [1.165, 1.54) is 0 Å². The van der Waals surface area contributed by atoms with E-state index >= 15 is 0 Å². The molecule has 1 amide bonds. The van der Waals surface area contributed by atoms with Crippen LogP contribution in [0.2, 0.25) is 0 Å². The predicted octanol–water partition coefficient (Wildman–Crippen LogP) is 1.80. The van der Waals surface area contributed by atoms with Crippen LogP contribution in [0.15, 0.2) is 43.0 Å². The van der Waals surface area contributed by atoms with Gasteiger partial charge < -0.3 is 15.2 Å². The molecule has 2 rings (SSSR count). The van der Waals surface area contributed by atoms with E-state index in [0.717, 1.165) is 12.2 Å². The molecule has 0 saturated carbocycles. The summed E-state index contributed by atoms with van der Waals surface area (Å²) < 4.78 is 1.96. The highest BCUT2D eigenvalue weighted by Crippen LogP contribution is 2.14. The lowest BCUT2D eigenvalue weighted by Gasteiger charge is -2.18. The summed E-state index contributed by atoms with van der Waals surface area (Å²) >= 11 is 1.75. The lowest BCUT2D eigenvalue weighted by atomic mass is 10.2. The molecule has 2 N–H and O–H groups in total. The molecule has 0 aliphatic heterocycles. The van der Waals surface area contributed by atoms with Gasteiger partial charge in [0.15, 0.2) is 0 Å². The molecule has 0 radical (unpaired) electrons. The van der Waals surface area contributed by atoms with E-state index in [0.29, 0.717) is 19.0 Å². The first-order valence-corrected chi connectivity index (χ1v) is 8.60. The number of hydrogen-bond acceptors (Lipinski definition) is 5. The van der Waals surface area contributed by atoms with Gasteiger partial charge in [0.05, 0.1) is 0 Å². The SMILES string of the molecule is CSCC[C@H](C(=O)NCCNc1ncccn1)n1cccc1. The van der Waals surface area contributed by atoms with Crippen molar-refractivity contribution in [1.29, 1.82) is 0 Å². The van der Waals surface area contributed by atoms with Crippen molar-refractivity contribution >= 4 is 23.6 Å². The molecular formula is C15H21N5OS. The number of carbonyl (C=O) groups is 1. The molecule has 0 fully saturated rings. The Balaban J connectivity index is 1.78. The first-order valence-electron chi connectivity index (χ1n) is 7.21. The van der Waals surface area contributed by atoms with E-state index in [4.69, 9.17) is 0 Å². The van der Waals surface area contributed by atoms with Crippen LogP contribution in [0.25, 0.3) is 0 Å². The molecule has 0 saturated heterocycles. The van der Waals surface area contributed by atoms with Crippen LogP contribution in [0.5, 0.6) is 0 Å². The normalized spacial score (nSPS) is 11.9. The van der Waals surface area contributed by atoms with Gasteiger partial charge >= 0.3 is 0 Å². The van der Waals surface area contributed by atoms with Gasteiger partial charge in [-0.2, -0.15) is 11.8 Å². The van der Waals surface area contributed by atoms with Gasteiger partial charge in [-0.3, -0.25) is 4.79 Å². The summed E-state index contributed by atoms with van der Waals surface area (Å²) in [6.45, 7) is 1.13. The van der Waals surface area contributed by atoms with Crippen molar-refractivity contribution in [2.75, 3.05) is 30.4 Å². The maximum absolute atomic E-state index is 12.4. The molecule has 0 unspecified atom stereocenters. The number of nitrogens with zero attached hydrogens (tertiary/aromatic N) is 3. The van der Waals surface area contributed by atoms with Crippen molar-refractivity contribution in [3.63, 3.8) is 0 Å². The Kier molecular flexibility index (Phi) is 6.76. The van der Waals surface area contributed by atoms with Gasteiger partial charge in [0.2, 0.25) is 11.9 Å². The monoisotopic (exact) mass is 319 g/mol. The molecule has 0 bridgehead atoms. The molecule has 0 spiro atoms. The van der Waals surface area contributed by atoms with Gasteiger partial charge in [-0.05, 0) is 36.6 Å². The molecular weight excluding hydrogens is 298 g/mol. The molecule has 0 aliphatic rings. The minimum absolute atomic E-state index is 0.0426. The third-order valence-electron chi connectivity index (χ3n) is 3.16. The number of carbonyl (C=O) groups excluding carboxylic acids is 1. The predicted molar refractivity (Wildman–Crippen MR) is 90.0 cm³/mol. The summed E-state index contributed by atoms with van der Waals surface area (Å²) in [6, 6.07) is 5.48. The molecule has 0 aliphatic carbocycles. The molecule has 118 valence electrons. The van der Waals surface area contributed by atoms with Gasteiger partial charge in [-0.15, -0.1) is 0 Å². The Hall–Kier alpha value is -2.02. The van der Waals surface area contributed by atoms with Crippen molar-refractivity contribution in [2.45, 2.75) is 12.5 Å². The van der Waals surface area contributed by atoms with Crippen LogP contribution in [0.1, 0.15) is 12.5 Å². The lowest BCUT2D eigenvalue weighted by Crippen LogP contribution is -2.35. The highest BCUT2D eigenvalue weighted by atomic mass is 32.2. The molecule has 2 aromatic rings. The van der Waals surface area contributed by atoms with Crippen LogP contribution < -0.4 is 10.6 Å². The Morgan fingerprint density at radius 3 is 2.64 bits per heavy atom. The Morgan fingerprint density at radius 2 is 1.95 bits per heavy atom.